The van der Waals surface area contributed by atoms with Crippen LogP contribution in [0.4, 0.5) is 0 Å². The zero-order chi connectivity index (χ0) is 11.5. The molecule has 1 saturated carbocycles. The van der Waals surface area contributed by atoms with E-state index < -0.39 is 0 Å². The molecule has 0 amide bonds. The molecule has 0 aliphatic heterocycles. The van der Waals surface area contributed by atoms with E-state index in [9.17, 15) is 0 Å². The average molecular weight is 285 g/mol. The van der Waals surface area contributed by atoms with E-state index in [4.69, 9.17) is 10.5 Å². The second-order valence-electron chi connectivity index (χ2n) is 4.36. The zero-order valence-electron chi connectivity index (χ0n) is 9.45. The fourth-order valence-corrected chi connectivity index (χ4v) is 2.67. The minimum atomic E-state index is 0.248. The Hall–Kier alpha value is -0.610. The van der Waals surface area contributed by atoms with Crippen LogP contribution < -0.4 is 10.5 Å². The van der Waals surface area contributed by atoms with Crippen LogP contribution in [-0.4, -0.2) is 17.6 Å². The molecule has 0 bridgehead atoms. The van der Waals surface area contributed by atoms with Crippen molar-refractivity contribution in [3.8, 4) is 5.88 Å². The quantitative estimate of drug-likeness (QED) is 0.928. The fraction of sp³-hybridized carbons (Fsp3) is 0.583. The van der Waals surface area contributed by atoms with Gasteiger partial charge in [-0.25, -0.2) is 4.98 Å². The van der Waals surface area contributed by atoms with Crippen molar-refractivity contribution in [2.75, 3.05) is 6.54 Å². The second kappa shape index (κ2) is 5.15. The van der Waals surface area contributed by atoms with Gasteiger partial charge in [0, 0.05) is 22.2 Å². The first-order valence-electron chi connectivity index (χ1n) is 5.69. The summed E-state index contributed by atoms with van der Waals surface area (Å²) >= 11 is 3.40. The van der Waals surface area contributed by atoms with E-state index in [-0.39, 0.29) is 6.10 Å². The van der Waals surface area contributed by atoms with Crippen molar-refractivity contribution in [1.82, 2.24) is 4.98 Å². The van der Waals surface area contributed by atoms with Gasteiger partial charge in [0.15, 0.2) is 0 Å². The van der Waals surface area contributed by atoms with Crippen molar-refractivity contribution in [3.63, 3.8) is 0 Å². The lowest BCUT2D eigenvalue weighted by molar-refractivity contribution is 0.154. The van der Waals surface area contributed by atoms with Crippen LogP contribution in [0.15, 0.2) is 16.7 Å². The van der Waals surface area contributed by atoms with E-state index >= 15 is 0 Å². The Morgan fingerprint density at radius 1 is 1.56 bits per heavy atom. The minimum Gasteiger partial charge on any atom is -0.474 e. The van der Waals surface area contributed by atoms with Crippen LogP contribution in [0.1, 0.15) is 24.8 Å². The third-order valence-corrected chi connectivity index (χ3v) is 3.59. The van der Waals surface area contributed by atoms with Gasteiger partial charge < -0.3 is 10.5 Å². The third-order valence-electron chi connectivity index (χ3n) is 3.15. The number of nitrogens with zero attached hydrogens (tertiary/aromatic N) is 1. The van der Waals surface area contributed by atoms with Gasteiger partial charge in [-0.05, 0) is 54.7 Å². The van der Waals surface area contributed by atoms with Gasteiger partial charge in [-0.1, -0.05) is 0 Å². The summed E-state index contributed by atoms with van der Waals surface area (Å²) in [5.41, 5.74) is 6.80. The van der Waals surface area contributed by atoms with Crippen LogP contribution >= 0.6 is 15.9 Å². The van der Waals surface area contributed by atoms with Crippen molar-refractivity contribution < 1.29 is 4.74 Å². The number of hydrogen-bond donors (Lipinski definition) is 1. The molecule has 1 aromatic rings. The van der Waals surface area contributed by atoms with Crippen LogP contribution in [0.3, 0.4) is 0 Å². The number of nitrogens with two attached hydrogens (primary N) is 1. The molecular formula is C12H17BrN2O. The molecule has 2 unspecified atom stereocenters. The van der Waals surface area contributed by atoms with Crippen LogP contribution in [-0.2, 0) is 0 Å². The summed E-state index contributed by atoms with van der Waals surface area (Å²) in [6.45, 7) is 2.72. The van der Waals surface area contributed by atoms with E-state index in [0.29, 0.717) is 12.5 Å². The molecule has 1 aromatic heterocycles. The van der Waals surface area contributed by atoms with Crippen molar-refractivity contribution >= 4 is 15.9 Å². The summed E-state index contributed by atoms with van der Waals surface area (Å²) in [5.74, 6) is 1.23. The largest absolute Gasteiger partial charge is 0.474 e. The van der Waals surface area contributed by atoms with Gasteiger partial charge in [0.25, 0.3) is 0 Å². The average Bonchev–Trinajstić information content (AvgIpc) is 2.69. The van der Waals surface area contributed by atoms with Crippen LogP contribution in [0.5, 0.6) is 5.88 Å². The van der Waals surface area contributed by atoms with E-state index in [1.807, 2.05) is 13.0 Å². The highest BCUT2D eigenvalue weighted by Gasteiger charge is 2.28. The molecule has 1 fully saturated rings. The third kappa shape index (κ3) is 2.55. The SMILES string of the molecule is Cc1cc(Br)cnc1OC1CCCC1CN. The lowest BCUT2D eigenvalue weighted by Gasteiger charge is -2.20. The normalized spacial score (nSPS) is 24.7. The summed E-state index contributed by atoms with van der Waals surface area (Å²) < 4.78 is 6.94. The highest BCUT2D eigenvalue weighted by atomic mass is 79.9. The molecule has 0 radical (unpaired) electrons. The first-order chi connectivity index (χ1) is 7.70. The van der Waals surface area contributed by atoms with Crippen molar-refractivity contribution in [3.05, 3.63) is 22.3 Å². The summed E-state index contributed by atoms with van der Waals surface area (Å²) in [6, 6.07) is 2.02. The Kier molecular flexibility index (Phi) is 3.82. The molecule has 1 aliphatic rings. The van der Waals surface area contributed by atoms with Gasteiger partial charge in [0.1, 0.15) is 6.10 Å². The molecule has 2 atom stereocenters. The van der Waals surface area contributed by atoms with E-state index in [0.717, 1.165) is 22.3 Å². The Morgan fingerprint density at radius 3 is 3.06 bits per heavy atom. The maximum atomic E-state index is 5.95. The molecule has 1 aliphatic carbocycles. The van der Waals surface area contributed by atoms with Crippen molar-refractivity contribution in [1.29, 1.82) is 0 Å². The maximum Gasteiger partial charge on any atom is 0.216 e. The molecule has 16 heavy (non-hydrogen) atoms. The van der Waals surface area contributed by atoms with Crippen LogP contribution in [0, 0.1) is 12.8 Å². The summed E-state index contributed by atoms with van der Waals surface area (Å²) in [5, 5.41) is 0. The van der Waals surface area contributed by atoms with Crippen LogP contribution in [0.25, 0.3) is 0 Å². The molecule has 1 heterocycles. The van der Waals surface area contributed by atoms with E-state index in [1.165, 1.54) is 12.8 Å². The number of aromatic nitrogens is 1. The Bertz CT molecular complexity index is 370. The number of aryl methyl sites for hydroxylation is 1. The Morgan fingerprint density at radius 2 is 2.38 bits per heavy atom. The summed E-state index contributed by atoms with van der Waals surface area (Å²) in [6.07, 6.45) is 5.50. The molecule has 3 nitrogen and oxygen atoms in total. The van der Waals surface area contributed by atoms with Gasteiger partial charge in [-0.3, -0.25) is 0 Å². The second-order valence-corrected chi connectivity index (χ2v) is 5.27. The lowest BCUT2D eigenvalue weighted by Crippen LogP contribution is -2.28. The smallest absolute Gasteiger partial charge is 0.216 e. The zero-order valence-corrected chi connectivity index (χ0v) is 11.0. The first-order valence-corrected chi connectivity index (χ1v) is 6.49. The topological polar surface area (TPSA) is 48.1 Å². The maximum absolute atomic E-state index is 5.95. The monoisotopic (exact) mass is 284 g/mol. The molecule has 88 valence electrons. The fourth-order valence-electron chi connectivity index (χ4n) is 2.22. The lowest BCUT2D eigenvalue weighted by atomic mass is 10.1. The van der Waals surface area contributed by atoms with E-state index in [1.54, 1.807) is 6.20 Å². The summed E-state index contributed by atoms with van der Waals surface area (Å²) in [7, 11) is 0. The molecule has 0 spiro atoms. The summed E-state index contributed by atoms with van der Waals surface area (Å²) in [4.78, 5) is 4.30. The Labute approximate surface area is 105 Å². The van der Waals surface area contributed by atoms with Gasteiger partial charge in [-0.2, -0.15) is 0 Å². The predicted octanol–water partition coefficient (Wildman–Crippen LogP) is 2.66. The number of halogens is 1. The minimum absolute atomic E-state index is 0.248. The van der Waals surface area contributed by atoms with Crippen molar-refractivity contribution in [2.24, 2.45) is 11.7 Å². The van der Waals surface area contributed by atoms with E-state index in [2.05, 4.69) is 20.9 Å². The first kappa shape index (κ1) is 11.9. The Balaban J connectivity index is 2.08. The predicted molar refractivity (Wildman–Crippen MR) is 67.5 cm³/mol. The molecule has 0 aromatic carbocycles. The molecule has 2 rings (SSSR count). The van der Waals surface area contributed by atoms with Gasteiger partial charge in [0.2, 0.25) is 5.88 Å². The molecular weight excluding hydrogens is 268 g/mol. The van der Waals surface area contributed by atoms with Gasteiger partial charge in [-0.15, -0.1) is 0 Å². The number of hydrogen-bond acceptors (Lipinski definition) is 3. The highest BCUT2D eigenvalue weighted by Crippen LogP contribution is 2.30. The number of ether oxygens (including phenoxy) is 1. The van der Waals surface area contributed by atoms with Gasteiger partial charge in [0.05, 0.1) is 0 Å². The number of pyridine rings is 1. The highest BCUT2D eigenvalue weighted by molar-refractivity contribution is 9.10. The molecule has 0 saturated heterocycles. The number of rotatable bonds is 3. The molecule has 4 heteroatoms. The van der Waals surface area contributed by atoms with Crippen molar-refractivity contribution in [2.45, 2.75) is 32.3 Å². The van der Waals surface area contributed by atoms with Crippen LogP contribution in [0.2, 0.25) is 0 Å². The van der Waals surface area contributed by atoms with Gasteiger partial charge >= 0.3 is 0 Å². The molecule has 2 N–H and O–H groups in total. The standard InChI is InChI=1S/C12H17BrN2O/c1-8-5-10(13)7-15-12(8)16-11-4-2-3-9(11)6-14/h5,7,9,11H,2-4,6,14H2,1H3.